The van der Waals surface area contributed by atoms with Crippen LogP contribution in [0.15, 0.2) is 59.7 Å². The number of nitrogens with zero attached hydrogens (tertiary/aromatic N) is 3. The number of benzene rings is 2. The average Bonchev–Trinajstić information content (AvgIpc) is 3.28. The van der Waals surface area contributed by atoms with Crippen LogP contribution in [-0.2, 0) is 0 Å². The second kappa shape index (κ2) is 9.83. The number of allylic oxidation sites excluding steroid dienone is 1. The number of aromatic amines is 1. The predicted molar refractivity (Wildman–Crippen MR) is 115 cm³/mol. The quantitative estimate of drug-likeness (QED) is 0.325. The van der Waals surface area contributed by atoms with Crippen LogP contribution in [-0.4, -0.2) is 41.5 Å². The highest BCUT2D eigenvalue weighted by molar-refractivity contribution is 5.94. The molecule has 2 N–H and O–H groups in total. The fraction of sp³-hybridized carbons (Fsp3) is 0.0952. The summed E-state index contributed by atoms with van der Waals surface area (Å²) in [4.78, 5) is 22.8. The van der Waals surface area contributed by atoms with E-state index in [4.69, 9.17) is 9.47 Å². The molecule has 0 unspecified atom stereocenters. The number of amides is 1. The van der Waals surface area contributed by atoms with E-state index >= 15 is 0 Å². The molecule has 0 saturated carbocycles. The van der Waals surface area contributed by atoms with E-state index in [2.05, 4.69) is 20.7 Å². The van der Waals surface area contributed by atoms with E-state index in [0.717, 1.165) is 0 Å². The molecule has 0 atom stereocenters. The van der Waals surface area contributed by atoms with E-state index < -0.39 is 10.8 Å². The van der Waals surface area contributed by atoms with Gasteiger partial charge in [0, 0.05) is 17.8 Å². The maximum absolute atomic E-state index is 12.3. The molecule has 10 heteroatoms. The number of hydrogen-bond donors (Lipinski definition) is 2. The summed E-state index contributed by atoms with van der Waals surface area (Å²) in [5, 5.41) is 21.6. The maximum Gasteiger partial charge on any atom is 0.289 e. The molecule has 0 fully saturated rings. The van der Waals surface area contributed by atoms with Gasteiger partial charge in [0.25, 0.3) is 11.6 Å². The number of methoxy groups -OCH3 is 2. The molecule has 0 saturated heterocycles. The highest BCUT2D eigenvalue weighted by Gasteiger charge is 2.14. The minimum atomic E-state index is -0.504. The number of rotatable bonds is 8. The molecule has 1 heterocycles. The van der Waals surface area contributed by atoms with E-state index in [1.165, 1.54) is 31.5 Å². The molecule has 31 heavy (non-hydrogen) atoms. The van der Waals surface area contributed by atoms with Crippen LogP contribution in [0.1, 0.15) is 16.1 Å². The lowest BCUT2D eigenvalue weighted by molar-refractivity contribution is -0.385. The summed E-state index contributed by atoms with van der Waals surface area (Å²) in [5.41, 5.74) is 4.12. The number of ether oxygens (including phenoxy) is 2. The molecule has 0 bridgehead atoms. The molecule has 0 aliphatic heterocycles. The van der Waals surface area contributed by atoms with Gasteiger partial charge in [0.2, 0.25) is 0 Å². The zero-order chi connectivity index (χ0) is 22.2. The Hall–Kier alpha value is -4.47. The summed E-state index contributed by atoms with van der Waals surface area (Å²) in [5.74, 6) is 0.702. The number of H-pyrrole nitrogens is 1. The van der Waals surface area contributed by atoms with Crippen molar-refractivity contribution in [2.45, 2.75) is 0 Å². The van der Waals surface area contributed by atoms with Gasteiger partial charge in [-0.15, -0.1) is 0 Å². The van der Waals surface area contributed by atoms with Crippen molar-refractivity contribution in [1.29, 1.82) is 0 Å². The van der Waals surface area contributed by atoms with Crippen LogP contribution in [0.25, 0.3) is 17.3 Å². The molecule has 1 amide bonds. The second-order valence-corrected chi connectivity index (χ2v) is 6.13. The third-order valence-corrected chi connectivity index (χ3v) is 4.24. The first-order valence-corrected chi connectivity index (χ1v) is 9.04. The Labute approximate surface area is 177 Å². The van der Waals surface area contributed by atoms with Crippen LogP contribution in [0.2, 0.25) is 0 Å². The van der Waals surface area contributed by atoms with Gasteiger partial charge in [-0.3, -0.25) is 20.0 Å². The van der Waals surface area contributed by atoms with Gasteiger partial charge in [0.15, 0.2) is 0 Å². The monoisotopic (exact) mass is 421 g/mol. The van der Waals surface area contributed by atoms with Gasteiger partial charge in [-0.05, 0) is 42.5 Å². The van der Waals surface area contributed by atoms with Crippen molar-refractivity contribution < 1.29 is 19.2 Å². The Kier molecular flexibility index (Phi) is 6.74. The molecule has 0 aliphatic rings. The lowest BCUT2D eigenvalue weighted by Gasteiger charge is -2.08. The lowest BCUT2D eigenvalue weighted by Crippen LogP contribution is -2.17. The van der Waals surface area contributed by atoms with E-state index in [-0.39, 0.29) is 11.4 Å². The number of nitro benzene ring substituents is 1. The minimum Gasteiger partial charge on any atom is -0.497 e. The topological polar surface area (TPSA) is 132 Å². The molecule has 10 nitrogen and oxygen atoms in total. The zero-order valence-corrected chi connectivity index (χ0v) is 16.7. The first-order valence-electron chi connectivity index (χ1n) is 9.04. The fourth-order valence-corrected chi connectivity index (χ4v) is 2.73. The van der Waals surface area contributed by atoms with E-state index in [1.54, 1.807) is 49.6 Å². The van der Waals surface area contributed by atoms with Crippen molar-refractivity contribution in [3.05, 3.63) is 76.0 Å². The van der Waals surface area contributed by atoms with Crippen LogP contribution in [0.3, 0.4) is 0 Å². The molecular formula is C21H19N5O5. The zero-order valence-electron chi connectivity index (χ0n) is 16.7. The van der Waals surface area contributed by atoms with Gasteiger partial charge in [0.1, 0.15) is 17.2 Å². The Morgan fingerprint density at radius 2 is 2.00 bits per heavy atom. The van der Waals surface area contributed by atoms with E-state index in [0.29, 0.717) is 28.3 Å². The molecule has 1 aromatic heterocycles. The Morgan fingerprint density at radius 3 is 2.74 bits per heavy atom. The molecule has 0 spiro atoms. The van der Waals surface area contributed by atoms with Crippen LogP contribution >= 0.6 is 0 Å². The number of nitrogens with one attached hydrogen (secondary N) is 2. The molecule has 0 radical (unpaired) electrons. The number of hydrogen-bond acceptors (Lipinski definition) is 7. The Balaban J connectivity index is 1.67. The predicted octanol–water partition coefficient (Wildman–Crippen LogP) is 3.43. The second-order valence-electron chi connectivity index (χ2n) is 6.13. The number of nitro groups is 1. The molecule has 3 aromatic rings. The normalized spacial score (nSPS) is 11.0. The molecule has 2 aromatic carbocycles. The number of carbonyl (C=O) groups excluding carboxylic acids is 1. The largest absolute Gasteiger partial charge is 0.497 e. The standard InChI is InChI=1S/C21H19N5O5/c1-30-15-9-10-20(31-2)16(12-15)17-13-18(24-23-17)21(27)25-22-11-5-7-14-6-3-4-8-19(14)26(28)29/h3-13H,1-2H3,(H,23,24)(H,25,27). The van der Waals surface area contributed by atoms with Crippen LogP contribution < -0.4 is 14.9 Å². The highest BCUT2D eigenvalue weighted by Crippen LogP contribution is 2.32. The first-order chi connectivity index (χ1) is 15.0. The number of para-hydroxylation sites is 1. The molecule has 3 rings (SSSR count). The van der Waals surface area contributed by atoms with Crippen molar-refractivity contribution in [1.82, 2.24) is 15.6 Å². The summed E-state index contributed by atoms with van der Waals surface area (Å²) in [6.45, 7) is 0. The van der Waals surface area contributed by atoms with Crippen molar-refractivity contribution in [3.63, 3.8) is 0 Å². The number of aromatic nitrogens is 2. The molecular weight excluding hydrogens is 402 g/mol. The first kappa shape index (κ1) is 21.2. The van der Waals surface area contributed by atoms with Crippen molar-refractivity contribution in [2.75, 3.05) is 14.2 Å². The SMILES string of the molecule is COc1ccc(OC)c(-c2cc(C(=O)NN=CC=Cc3ccccc3[N+](=O)[O-])[nH]n2)c1. The third kappa shape index (κ3) is 5.12. The van der Waals surface area contributed by atoms with Crippen LogP contribution in [0.5, 0.6) is 11.5 Å². The lowest BCUT2D eigenvalue weighted by atomic mass is 10.1. The summed E-state index contributed by atoms with van der Waals surface area (Å²) < 4.78 is 10.6. The van der Waals surface area contributed by atoms with Crippen LogP contribution in [0, 0.1) is 10.1 Å². The smallest absolute Gasteiger partial charge is 0.289 e. The highest BCUT2D eigenvalue weighted by atomic mass is 16.6. The van der Waals surface area contributed by atoms with E-state index in [1.807, 2.05) is 0 Å². The maximum atomic E-state index is 12.3. The van der Waals surface area contributed by atoms with Crippen molar-refractivity contribution in [2.24, 2.45) is 5.10 Å². The fourth-order valence-electron chi connectivity index (χ4n) is 2.73. The summed E-state index contributed by atoms with van der Waals surface area (Å²) >= 11 is 0. The Bertz CT molecular complexity index is 1150. The van der Waals surface area contributed by atoms with Gasteiger partial charge in [-0.2, -0.15) is 10.2 Å². The summed E-state index contributed by atoms with van der Waals surface area (Å²) in [6, 6.07) is 13.1. The Morgan fingerprint density at radius 1 is 1.19 bits per heavy atom. The van der Waals surface area contributed by atoms with Crippen molar-refractivity contribution >= 4 is 23.9 Å². The summed E-state index contributed by atoms with van der Waals surface area (Å²) in [6.07, 6.45) is 4.33. The number of carbonyl (C=O) groups is 1. The van der Waals surface area contributed by atoms with Gasteiger partial charge in [-0.1, -0.05) is 12.1 Å². The molecule has 0 aliphatic carbocycles. The van der Waals surface area contributed by atoms with Crippen molar-refractivity contribution in [3.8, 4) is 22.8 Å². The minimum absolute atomic E-state index is 0.0193. The number of hydrazone groups is 1. The third-order valence-electron chi connectivity index (χ3n) is 4.24. The van der Waals surface area contributed by atoms with Crippen LogP contribution in [0.4, 0.5) is 5.69 Å². The molecule has 158 valence electrons. The van der Waals surface area contributed by atoms with Gasteiger partial charge < -0.3 is 9.47 Å². The summed E-state index contributed by atoms with van der Waals surface area (Å²) in [7, 11) is 3.09. The average molecular weight is 421 g/mol. The van der Waals surface area contributed by atoms with Gasteiger partial charge >= 0.3 is 0 Å². The van der Waals surface area contributed by atoms with E-state index in [9.17, 15) is 14.9 Å². The van der Waals surface area contributed by atoms with Gasteiger partial charge in [-0.25, -0.2) is 5.43 Å². The van der Waals surface area contributed by atoms with Gasteiger partial charge in [0.05, 0.1) is 30.4 Å².